The topological polar surface area (TPSA) is 16.1 Å². The van der Waals surface area contributed by atoms with Gasteiger partial charge in [-0.3, -0.25) is 4.90 Å². The number of piperidine rings is 1. The van der Waals surface area contributed by atoms with Crippen molar-refractivity contribution in [2.75, 3.05) is 19.3 Å². The maximum atomic E-state index is 4.48. The zero-order valence-corrected chi connectivity index (χ0v) is 11.0. The first-order chi connectivity index (χ1) is 7.86. The van der Waals surface area contributed by atoms with Crippen molar-refractivity contribution >= 4 is 11.8 Å². The molecule has 1 fully saturated rings. The van der Waals surface area contributed by atoms with Crippen LogP contribution in [0.5, 0.6) is 0 Å². The van der Waals surface area contributed by atoms with E-state index in [0.717, 1.165) is 6.54 Å². The number of likely N-dealkylation sites (tertiary alicyclic amines) is 1. The number of thioether (sulfide) groups is 1. The Kier molecular flexibility index (Phi) is 4.24. The molecule has 88 valence electrons. The highest BCUT2D eigenvalue weighted by atomic mass is 32.2. The summed E-state index contributed by atoms with van der Waals surface area (Å²) >= 11 is 1.76. The highest BCUT2D eigenvalue weighted by Crippen LogP contribution is 2.34. The average molecular weight is 236 g/mol. The van der Waals surface area contributed by atoms with Crippen LogP contribution >= 0.6 is 11.8 Å². The van der Waals surface area contributed by atoms with Gasteiger partial charge in [-0.25, -0.2) is 4.98 Å². The third-order valence-electron chi connectivity index (χ3n) is 3.37. The summed E-state index contributed by atoms with van der Waals surface area (Å²) in [5.74, 6) is 0. The fourth-order valence-corrected chi connectivity index (χ4v) is 3.16. The summed E-state index contributed by atoms with van der Waals surface area (Å²) in [5, 5.41) is 1.20. The second-order valence-electron chi connectivity index (χ2n) is 4.24. The van der Waals surface area contributed by atoms with E-state index in [1.54, 1.807) is 11.8 Å². The van der Waals surface area contributed by atoms with Gasteiger partial charge in [-0.05, 0) is 38.3 Å². The van der Waals surface area contributed by atoms with Crippen LogP contribution in [0.1, 0.15) is 37.8 Å². The fourth-order valence-electron chi connectivity index (χ4n) is 2.55. The highest BCUT2D eigenvalue weighted by Gasteiger charge is 2.24. The van der Waals surface area contributed by atoms with Crippen molar-refractivity contribution in [1.29, 1.82) is 0 Å². The van der Waals surface area contributed by atoms with E-state index < -0.39 is 0 Å². The van der Waals surface area contributed by atoms with Gasteiger partial charge in [-0.2, -0.15) is 0 Å². The van der Waals surface area contributed by atoms with Crippen molar-refractivity contribution in [2.45, 2.75) is 37.3 Å². The van der Waals surface area contributed by atoms with E-state index in [1.807, 2.05) is 6.20 Å². The van der Waals surface area contributed by atoms with Crippen molar-refractivity contribution in [1.82, 2.24) is 9.88 Å². The van der Waals surface area contributed by atoms with Crippen LogP contribution in [-0.4, -0.2) is 29.2 Å². The monoisotopic (exact) mass is 236 g/mol. The zero-order valence-electron chi connectivity index (χ0n) is 10.1. The lowest BCUT2D eigenvalue weighted by Gasteiger charge is -2.35. The molecule has 2 heterocycles. The molecule has 0 amide bonds. The fraction of sp³-hybridized carbons (Fsp3) is 0.615. The van der Waals surface area contributed by atoms with E-state index >= 15 is 0 Å². The van der Waals surface area contributed by atoms with Gasteiger partial charge in [-0.1, -0.05) is 19.4 Å². The first kappa shape index (κ1) is 11.9. The molecule has 0 spiro atoms. The number of pyridine rings is 1. The Morgan fingerprint density at radius 1 is 1.50 bits per heavy atom. The molecule has 1 aromatic rings. The largest absolute Gasteiger partial charge is 0.297 e. The van der Waals surface area contributed by atoms with E-state index in [1.165, 1.54) is 36.4 Å². The molecule has 1 aliphatic rings. The van der Waals surface area contributed by atoms with Crippen LogP contribution in [-0.2, 0) is 0 Å². The smallest absolute Gasteiger partial charge is 0.100 e. The third kappa shape index (κ3) is 2.41. The van der Waals surface area contributed by atoms with Gasteiger partial charge in [0.15, 0.2) is 0 Å². The molecule has 0 radical (unpaired) electrons. The van der Waals surface area contributed by atoms with Crippen molar-refractivity contribution < 1.29 is 0 Å². The molecule has 0 N–H and O–H groups in total. The number of hydrogen-bond acceptors (Lipinski definition) is 3. The molecule has 0 bridgehead atoms. The Morgan fingerprint density at radius 2 is 2.38 bits per heavy atom. The molecule has 3 heteroatoms. The minimum Gasteiger partial charge on any atom is -0.297 e. The average Bonchev–Trinajstić information content (AvgIpc) is 2.38. The van der Waals surface area contributed by atoms with Gasteiger partial charge < -0.3 is 0 Å². The van der Waals surface area contributed by atoms with E-state index in [0.29, 0.717) is 6.04 Å². The van der Waals surface area contributed by atoms with E-state index in [2.05, 4.69) is 35.2 Å². The van der Waals surface area contributed by atoms with E-state index in [-0.39, 0.29) is 0 Å². The summed E-state index contributed by atoms with van der Waals surface area (Å²) in [6.45, 7) is 4.64. The zero-order chi connectivity index (χ0) is 11.4. The molecule has 0 saturated carbocycles. The van der Waals surface area contributed by atoms with Crippen LogP contribution in [0.3, 0.4) is 0 Å². The van der Waals surface area contributed by atoms with Crippen LogP contribution < -0.4 is 0 Å². The normalized spacial score (nSPS) is 22.2. The van der Waals surface area contributed by atoms with Gasteiger partial charge in [0.25, 0.3) is 0 Å². The Morgan fingerprint density at radius 3 is 3.12 bits per heavy atom. The van der Waals surface area contributed by atoms with Crippen molar-refractivity contribution in [3.63, 3.8) is 0 Å². The van der Waals surface area contributed by atoms with Crippen molar-refractivity contribution in [3.8, 4) is 0 Å². The summed E-state index contributed by atoms with van der Waals surface area (Å²) in [6.07, 6.45) is 8.00. The maximum Gasteiger partial charge on any atom is 0.100 e. The summed E-state index contributed by atoms with van der Waals surface area (Å²) in [7, 11) is 0. The molecule has 1 atom stereocenters. The molecule has 1 aliphatic heterocycles. The second-order valence-corrected chi connectivity index (χ2v) is 5.04. The molecule has 16 heavy (non-hydrogen) atoms. The molecule has 0 unspecified atom stereocenters. The minimum atomic E-state index is 0.592. The van der Waals surface area contributed by atoms with Crippen molar-refractivity contribution in [2.24, 2.45) is 0 Å². The third-order valence-corrected chi connectivity index (χ3v) is 4.10. The Labute approximate surface area is 102 Å². The summed E-state index contributed by atoms with van der Waals surface area (Å²) in [5.41, 5.74) is 1.43. The van der Waals surface area contributed by atoms with E-state index in [4.69, 9.17) is 0 Å². The minimum absolute atomic E-state index is 0.592. The first-order valence-corrected chi connectivity index (χ1v) is 7.32. The molecule has 1 aromatic heterocycles. The van der Waals surface area contributed by atoms with Crippen LogP contribution in [0.2, 0.25) is 0 Å². The number of aromatic nitrogens is 1. The van der Waals surface area contributed by atoms with Crippen LogP contribution in [0.15, 0.2) is 23.4 Å². The molecule has 1 saturated heterocycles. The van der Waals surface area contributed by atoms with Gasteiger partial charge in [0.05, 0.1) is 0 Å². The van der Waals surface area contributed by atoms with Crippen LogP contribution in [0, 0.1) is 0 Å². The summed E-state index contributed by atoms with van der Waals surface area (Å²) in [6, 6.07) is 4.91. The SMILES string of the molecule is CCN1CCCC[C@H]1c1cccnc1SC. The predicted molar refractivity (Wildman–Crippen MR) is 69.9 cm³/mol. The second kappa shape index (κ2) is 5.69. The molecular weight excluding hydrogens is 216 g/mol. The molecule has 0 aromatic carbocycles. The molecule has 2 rings (SSSR count). The first-order valence-electron chi connectivity index (χ1n) is 6.09. The quantitative estimate of drug-likeness (QED) is 0.749. The lowest BCUT2D eigenvalue weighted by atomic mass is 9.96. The number of hydrogen-bond donors (Lipinski definition) is 0. The number of rotatable bonds is 3. The van der Waals surface area contributed by atoms with E-state index in [9.17, 15) is 0 Å². The lowest BCUT2D eigenvalue weighted by Crippen LogP contribution is -2.33. The molecule has 2 nitrogen and oxygen atoms in total. The predicted octanol–water partition coefficient (Wildman–Crippen LogP) is 3.35. The van der Waals surface area contributed by atoms with Gasteiger partial charge in [0.1, 0.15) is 5.03 Å². The molecule has 0 aliphatic carbocycles. The van der Waals surface area contributed by atoms with Crippen LogP contribution in [0.25, 0.3) is 0 Å². The summed E-state index contributed by atoms with van der Waals surface area (Å²) in [4.78, 5) is 7.06. The van der Waals surface area contributed by atoms with Crippen LogP contribution in [0.4, 0.5) is 0 Å². The van der Waals surface area contributed by atoms with Gasteiger partial charge in [0, 0.05) is 17.8 Å². The Balaban J connectivity index is 2.26. The van der Waals surface area contributed by atoms with Gasteiger partial charge >= 0.3 is 0 Å². The Bertz CT molecular complexity index is 340. The number of nitrogens with zero attached hydrogens (tertiary/aromatic N) is 2. The van der Waals surface area contributed by atoms with Gasteiger partial charge in [0.2, 0.25) is 0 Å². The maximum absolute atomic E-state index is 4.48. The molecular formula is C13H20N2S. The Hall–Kier alpha value is -0.540. The highest BCUT2D eigenvalue weighted by molar-refractivity contribution is 7.98. The lowest BCUT2D eigenvalue weighted by molar-refractivity contribution is 0.154. The van der Waals surface area contributed by atoms with Gasteiger partial charge in [-0.15, -0.1) is 11.8 Å². The van der Waals surface area contributed by atoms with Crippen molar-refractivity contribution in [3.05, 3.63) is 23.9 Å². The summed E-state index contributed by atoms with van der Waals surface area (Å²) < 4.78 is 0. The standard InChI is InChI=1S/C13H20N2S/c1-3-15-10-5-4-8-12(15)11-7-6-9-14-13(11)16-2/h6-7,9,12H,3-5,8,10H2,1-2H3/t12-/m0/s1.